The van der Waals surface area contributed by atoms with E-state index < -0.39 is 73.3 Å². The summed E-state index contributed by atoms with van der Waals surface area (Å²) >= 11 is 3.91. The first-order valence-corrected chi connectivity index (χ1v) is 10.4. The van der Waals surface area contributed by atoms with Crippen molar-refractivity contribution >= 4 is 48.2 Å². The molecule has 0 aromatic heterocycles. The number of amides is 3. The molecule has 0 fully saturated rings. The molecule has 0 aliphatic rings. The number of aliphatic hydroxyl groups is 1. The van der Waals surface area contributed by atoms with Crippen LogP contribution in [0.2, 0.25) is 0 Å². The van der Waals surface area contributed by atoms with E-state index in [-0.39, 0.29) is 31.1 Å². The van der Waals surface area contributed by atoms with E-state index in [1.165, 1.54) is 0 Å². The van der Waals surface area contributed by atoms with Crippen molar-refractivity contribution < 1.29 is 39.3 Å². The van der Waals surface area contributed by atoms with Crippen LogP contribution < -0.4 is 33.2 Å². The quantitative estimate of drug-likeness (QED) is 0.0425. The molecule has 3 amide bonds. The molecule has 15 nitrogen and oxygen atoms in total. The number of carboxylic acids is 2. The van der Waals surface area contributed by atoms with Gasteiger partial charge in [0.1, 0.15) is 18.1 Å². The molecule has 4 atom stereocenters. The molecule has 0 spiro atoms. The number of aliphatic carboxylic acids is 2. The number of nitrogens with two attached hydrogens (primary N) is 3. The second kappa shape index (κ2) is 15.7. The Bertz CT molecular complexity index is 732. The number of nitrogens with one attached hydrogen (secondary N) is 3. The van der Waals surface area contributed by atoms with Crippen LogP contribution in [0.25, 0.3) is 0 Å². The second-order valence-electron chi connectivity index (χ2n) is 6.87. The van der Waals surface area contributed by atoms with Crippen LogP contribution in [0.1, 0.15) is 25.7 Å². The fourth-order valence-electron chi connectivity index (χ4n) is 2.40. The lowest BCUT2D eigenvalue weighted by atomic mass is 10.1. The number of guanidine groups is 1. The van der Waals surface area contributed by atoms with E-state index in [2.05, 4.69) is 33.6 Å². The third kappa shape index (κ3) is 12.5. The predicted molar refractivity (Wildman–Crippen MR) is 119 cm³/mol. The minimum Gasteiger partial charge on any atom is -0.481 e. The number of aliphatic hydroxyl groups excluding tert-OH is 1. The van der Waals surface area contributed by atoms with Gasteiger partial charge in [0, 0.05) is 18.7 Å². The van der Waals surface area contributed by atoms with Crippen LogP contribution in [-0.4, -0.2) is 94.0 Å². The van der Waals surface area contributed by atoms with E-state index in [4.69, 9.17) is 27.4 Å². The first-order chi connectivity index (χ1) is 15.4. The van der Waals surface area contributed by atoms with Gasteiger partial charge in [0.15, 0.2) is 5.96 Å². The van der Waals surface area contributed by atoms with Gasteiger partial charge >= 0.3 is 11.9 Å². The van der Waals surface area contributed by atoms with Gasteiger partial charge in [-0.2, -0.15) is 12.6 Å². The number of thiol groups is 1. The smallest absolute Gasteiger partial charge is 0.326 e. The van der Waals surface area contributed by atoms with Crippen LogP contribution in [0.5, 0.6) is 0 Å². The highest BCUT2D eigenvalue weighted by Gasteiger charge is 2.30. The van der Waals surface area contributed by atoms with E-state index in [1.54, 1.807) is 0 Å². The maximum Gasteiger partial charge on any atom is 0.326 e. The van der Waals surface area contributed by atoms with Gasteiger partial charge in [-0.25, -0.2) is 4.79 Å². The fourth-order valence-corrected chi connectivity index (χ4v) is 2.56. The molecule has 0 bridgehead atoms. The van der Waals surface area contributed by atoms with Gasteiger partial charge in [0.2, 0.25) is 17.7 Å². The summed E-state index contributed by atoms with van der Waals surface area (Å²) < 4.78 is 0. The topological polar surface area (TPSA) is 273 Å². The molecule has 4 unspecified atom stereocenters. The van der Waals surface area contributed by atoms with E-state index in [9.17, 15) is 29.1 Å². The minimum absolute atomic E-state index is 0.00274. The molecular weight excluding hydrogens is 462 g/mol. The number of rotatable bonds is 16. The average molecular weight is 494 g/mol. The number of aliphatic imine (C=N–C) groups is 1. The Morgan fingerprint density at radius 2 is 1.42 bits per heavy atom. The van der Waals surface area contributed by atoms with Gasteiger partial charge in [-0.05, 0) is 19.3 Å². The molecule has 0 radical (unpaired) electrons. The predicted octanol–water partition coefficient (Wildman–Crippen LogP) is -4.31. The molecule has 0 aromatic carbocycles. The molecule has 16 heteroatoms. The Kier molecular flexibility index (Phi) is 14.2. The summed E-state index contributed by atoms with van der Waals surface area (Å²) in [5.41, 5.74) is 16.1. The van der Waals surface area contributed by atoms with Crippen molar-refractivity contribution in [1.29, 1.82) is 0 Å². The Morgan fingerprint density at radius 3 is 1.91 bits per heavy atom. The molecule has 0 heterocycles. The highest BCUT2D eigenvalue weighted by molar-refractivity contribution is 7.80. The molecule has 0 saturated carbocycles. The molecular formula is C17H31N7O8S. The van der Waals surface area contributed by atoms with Crippen molar-refractivity contribution in [1.82, 2.24) is 16.0 Å². The van der Waals surface area contributed by atoms with Crippen LogP contribution in [0.3, 0.4) is 0 Å². The average Bonchev–Trinajstić information content (AvgIpc) is 2.75. The SMILES string of the molecule is NC(N)=NCCCC(NC(=O)C(N)CS)C(=O)NC(CO)C(=O)NC(CCC(=O)O)C(=O)O. The highest BCUT2D eigenvalue weighted by atomic mass is 32.1. The van der Waals surface area contributed by atoms with Gasteiger partial charge < -0.3 is 48.5 Å². The molecule has 0 aliphatic heterocycles. The summed E-state index contributed by atoms with van der Waals surface area (Å²) in [4.78, 5) is 62.8. The zero-order valence-electron chi connectivity index (χ0n) is 17.8. The number of hydrogen-bond acceptors (Lipinski definition) is 9. The van der Waals surface area contributed by atoms with Gasteiger partial charge in [-0.15, -0.1) is 0 Å². The van der Waals surface area contributed by atoms with Crippen molar-refractivity contribution in [3.05, 3.63) is 0 Å². The van der Waals surface area contributed by atoms with Crippen molar-refractivity contribution in [3.8, 4) is 0 Å². The summed E-state index contributed by atoms with van der Waals surface area (Å²) in [7, 11) is 0. The number of hydrogen-bond donors (Lipinski definition) is 10. The van der Waals surface area contributed by atoms with Gasteiger partial charge in [-0.1, -0.05) is 0 Å². The molecule has 33 heavy (non-hydrogen) atoms. The zero-order valence-corrected chi connectivity index (χ0v) is 18.7. The van der Waals surface area contributed by atoms with Crippen molar-refractivity contribution in [3.63, 3.8) is 0 Å². The fraction of sp³-hybridized carbons (Fsp3) is 0.647. The Morgan fingerprint density at radius 1 is 0.879 bits per heavy atom. The van der Waals surface area contributed by atoms with E-state index >= 15 is 0 Å². The third-order valence-corrected chi connectivity index (χ3v) is 4.58. The van der Waals surface area contributed by atoms with Gasteiger partial charge in [0.25, 0.3) is 0 Å². The van der Waals surface area contributed by atoms with Crippen molar-refractivity contribution in [2.45, 2.75) is 49.9 Å². The molecule has 0 rings (SSSR count). The lowest BCUT2D eigenvalue weighted by Gasteiger charge is -2.24. The lowest BCUT2D eigenvalue weighted by molar-refractivity contribution is -0.143. The minimum atomic E-state index is -1.57. The first-order valence-electron chi connectivity index (χ1n) is 9.81. The number of carbonyl (C=O) groups is 5. The third-order valence-electron chi connectivity index (χ3n) is 4.19. The number of nitrogens with zero attached hydrogens (tertiary/aromatic N) is 1. The zero-order chi connectivity index (χ0) is 25.6. The molecule has 12 N–H and O–H groups in total. The van der Waals surface area contributed by atoms with Crippen LogP contribution in [-0.2, 0) is 24.0 Å². The summed E-state index contributed by atoms with van der Waals surface area (Å²) in [6.45, 7) is -0.748. The van der Waals surface area contributed by atoms with Gasteiger partial charge in [0.05, 0.1) is 12.6 Å². The summed E-state index contributed by atoms with van der Waals surface area (Å²) in [6.07, 6.45) is -0.626. The van der Waals surface area contributed by atoms with Crippen LogP contribution in [0, 0.1) is 0 Å². The van der Waals surface area contributed by atoms with Crippen molar-refractivity contribution in [2.24, 2.45) is 22.2 Å². The Hall–Kier alpha value is -3.11. The van der Waals surface area contributed by atoms with E-state index in [0.717, 1.165) is 0 Å². The molecule has 0 aliphatic carbocycles. The van der Waals surface area contributed by atoms with Crippen molar-refractivity contribution in [2.75, 3.05) is 18.9 Å². The molecule has 0 aromatic rings. The van der Waals surface area contributed by atoms with Gasteiger partial charge in [-0.3, -0.25) is 24.2 Å². The monoisotopic (exact) mass is 493 g/mol. The largest absolute Gasteiger partial charge is 0.481 e. The maximum absolute atomic E-state index is 12.7. The normalized spacial score (nSPS) is 14.2. The summed E-state index contributed by atoms with van der Waals surface area (Å²) in [5.74, 6) is -5.50. The van der Waals surface area contributed by atoms with E-state index in [0.29, 0.717) is 0 Å². The Balaban J connectivity index is 5.27. The van der Waals surface area contributed by atoms with E-state index in [1.807, 2.05) is 0 Å². The molecule has 0 saturated heterocycles. The van der Waals surface area contributed by atoms with Crippen LogP contribution in [0.4, 0.5) is 0 Å². The second-order valence-corrected chi connectivity index (χ2v) is 7.24. The standard InChI is InChI=1S/C17H31N7O8S/c18-8(7-33)13(28)22-9(2-1-5-21-17(19)20)14(29)24-11(6-25)15(30)23-10(16(31)32)3-4-12(26)27/h8-11,25,33H,1-7,18H2,(H,22,28)(H,23,30)(H,24,29)(H,26,27)(H,31,32)(H4,19,20,21). The number of carboxylic acid groups (broad SMARTS) is 2. The first kappa shape index (κ1) is 29.9. The molecule has 188 valence electrons. The summed E-state index contributed by atoms with van der Waals surface area (Å²) in [6, 6.07) is -5.31. The summed E-state index contributed by atoms with van der Waals surface area (Å²) in [5, 5.41) is 34.0. The lowest BCUT2D eigenvalue weighted by Crippen LogP contribution is -2.58. The Labute approximate surface area is 194 Å². The number of carbonyl (C=O) groups excluding carboxylic acids is 3. The highest BCUT2D eigenvalue weighted by Crippen LogP contribution is 2.03. The van der Waals surface area contributed by atoms with Crippen LogP contribution >= 0.6 is 12.6 Å². The maximum atomic E-state index is 12.7. The van der Waals surface area contributed by atoms with Crippen LogP contribution in [0.15, 0.2) is 4.99 Å².